The summed E-state index contributed by atoms with van der Waals surface area (Å²) in [6.07, 6.45) is 5.58. The molecule has 1 N–H and O–H groups in total. The maximum Gasteiger partial charge on any atom is 0.332 e. The summed E-state index contributed by atoms with van der Waals surface area (Å²) in [4.78, 5) is 19.8. The fraction of sp³-hybridized carbons (Fsp3) is 0.286. The number of allylic oxidation sites excluding steroid dienone is 3. The Morgan fingerprint density at radius 1 is 1.17 bits per heavy atom. The molecule has 0 heterocycles. The van der Waals surface area contributed by atoms with E-state index in [9.17, 15) is 9.59 Å². The first-order valence-corrected chi connectivity index (χ1v) is 5.10. The number of carbonyl (C=O) groups excluding carboxylic acids is 1. The molecule has 0 saturated heterocycles. The van der Waals surface area contributed by atoms with Crippen LogP contribution in [0.15, 0.2) is 49.1 Å². The molecule has 0 aromatic rings. The minimum atomic E-state index is -0.935. The van der Waals surface area contributed by atoms with Crippen molar-refractivity contribution in [1.29, 1.82) is 0 Å². The highest BCUT2D eigenvalue weighted by Gasteiger charge is 1.95. The van der Waals surface area contributed by atoms with Gasteiger partial charge in [0.15, 0.2) is 0 Å². The molecule has 0 atom stereocenters. The second kappa shape index (κ2) is 14.9. The first kappa shape index (κ1) is 21.2. The lowest BCUT2D eigenvalue weighted by Gasteiger charge is -1.91. The van der Waals surface area contributed by atoms with Gasteiger partial charge in [0.2, 0.25) is 0 Å². The number of ether oxygens (including phenoxy) is 1. The Bertz CT molecular complexity index is 313. The average molecular weight is 254 g/mol. The van der Waals surface area contributed by atoms with Gasteiger partial charge in [-0.3, -0.25) is 0 Å². The van der Waals surface area contributed by atoms with E-state index in [-0.39, 0.29) is 11.5 Å². The highest BCUT2D eigenvalue weighted by atomic mass is 16.5. The smallest absolute Gasteiger partial charge is 0.332 e. The number of aliphatic carboxylic acids is 1. The molecule has 0 aromatic carbocycles. The lowest BCUT2D eigenvalue weighted by atomic mass is 10.4. The van der Waals surface area contributed by atoms with Gasteiger partial charge in [0.1, 0.15) is 0 Å². The molecule has 0 aliphatic carbocycles. The molecule has 0 amide bonds. The summed E-state index contributed by atoms with van der Waals surface area (Å²) in [6.45, 7) is 15.0. The lowest BCUT2D eigenvalue weighted by molar-refractivity contribution is -0.136. The van der Waals surface area contributed by atoms with E-state index in [2.05, 4.69) is 24.5 Å². The third-order valence-corrected chi connectivity index (χ3v) is 1.23. The summed E-state index contributed by atoms with van der Waals surface area (Å²) in [5.74, 6) is -1.28. The molecule has 0 saturated carbocycles. The minimum Gasteiger partial charge on any atom is -0.478 e. The van der Waals surface area contributed by atoms with E-state index in [1.165, 1.54) is 14.0 Å². The van der Waals surface area contributed by atoms with Crippen LogP contribution in [-0.4, -0.2) is 24.2 Å². The van der Waals surface area contributed by atoms with E-state index >= 15 is 0 Å². The van der Waals surface area contributed by atoms with Crippen LogP contribution in [0.25, 0.3) is 0 Å². The van der Waals surface area contributed by atoms with E-state index in [0.29, 0.717) is 5.57 Å². The Morgan fingerprint density at radius 3 is 1.56 bits per heavy atom. The second-order valence-electron chi connectivity index (χ2n) is 3.12. The highest BCUT2D eigenvalue weighted by molar-refractivity contribution is 5.86. The maximum absolute atomic E-state index is 10.2. The zero-order chi connectivity index (χ0) is 15.1. The van der Waals surface area contributed by atoms with Crippen LogP contribution < -0.4 is 0 Å². The van der Waals surface area contributed by atoms with Crippen LogP contribution in [0.4, 0.5) is 0 Å². The maximum atomic E-state index is 10.2. The van der Waals surface area contributed by atoms with Crippen LogP contribution in [0.2, 0.25) is 0 Å². The number of methoxy groups -OCH3 is 1. The number of carboxylic acids is 1. The van der Waals surface area contributed by atoms with E-state index in [1.54, 1.807) is 13.0 Å². The zero-order valence-electron chi connectivity index (χ0n) is 11.5. The average Bonchev–Trinajstić information content (AvgIpc) is 2.30. The fourth-order valence-corrected chi connectivity index (χ4v) is 0.310. The van der Waals surface area contributed by atoms with Crippen molar-refractivity contribution in [3.63, 3.8) is 0 Å². The number of hydrogen-bond donors (Lipinski definition) is 1. The summed E-state index contributed by atoms with van der Waals surface area (Å²) in [7, 11) is 1.33. The lowest BCUT2D eigenvalue weighted by Crippen LogP contribution is -1.98. The Labute approximate surface area is 109 Å². The molecule has 0 radical (unpaired) electrons. The van der Waals surface area contributed by atoms with Crippen molar-refractivity contribution in [2.45, 2.75) is 20.8 Å². The van der Waals surface area contributed by atoms with E-state index in [4.69, 9.17) is 5.11 Å². The van der Waals surface area contributed by atoms with Crippen molar-refractivity contribution in [2.75, 3.05) is 7.11 Å². The summed E-state index contributed by atoms with van der Waals surface area (Å²) < 4.78 is 4.27. The van der Waals surface area contributed by atoms with Crippen LogP contribution in [0.5, 0.6) is 0 Å². The molecular formula is C14H22O4. The van der Waals surface area contributed by atoms with Crippen molar-refractivity contribution >= 4 is 11.9 Å². The zero-order valence-corrected chi connectivity index (χ0v) is 11.5. The van der Waals surface area contributed by atoms with Gasteiger partial charge < -0.3 is 9.84 Å². The van der Waals surface area contributed by atoms with Crippen molar-refractivity contribution < 1.29 is 19.4 Å². The quantitative estimate of drug-likeness (QED) is 0.477. The standard InChI is InChI=1S/C5H8O2.C5H8.C4H6O2/c1-4(2)5(6)7-3;1-3-5-4-2;1-3(2)4(5)6/h1H2,2-3H3;3-5H,1H2,2H3;1H2,2H3,(H,5,6). The predicted molar refractivity (Wildman–Crippen MR) is 74.3 cm³/mol. The van der Waals surface area contributed by atoms with E-state index in [1.807, 2.05) is 19.1 Å². The Balaban J connectivity index is -0.000000190. The summed E-state index contributed by atoms with van der Waals surface area (Å²) in [5.41, 5.74) is 0.609. The Kier molecular flexibility index (Phi) is 17.6. The van der Waals surface area contributed by atoms with Crippen molar-refractivity contribution in [1.82, 2.24) is 0 Å². The van der Waals surface area contributed by atoms with Gasteiger partial charge in [-0.15, -0.1) is 0 Å². The van der Waals surface area contributed by atoms with Crippen LogP contribution >= 0.6 is 0 Å². The Hall–Kier alpha value is -2.10. The Morgan fingerprint density at radius 2 is 1.56 bits per heavy atom. The molecule has 0 spiro atoms. The molecule has 0 aliphatic heterocycles. The van der Waals surface area contributed by atoms with Gasteiger partial charge in [-0.2, -0.15) is 0 Å². The molecular weight excluding hydrogens is 232 g/mol. The van der Waals surface area contributed by atoms with Gasteiger partial charge in [0, 0.05) is 11.1 Å². The summed E-state index contributed by atoms with van der Waals surface area (Å²) in [6, 6.07) is 0. The molecule has 0 rings (SSSR count). The monoisotopic (exact) mass is 254 g/mol. The molecule has 0 bridgehead atoms. The van der Waals surface area contributed by atoms with Crippen LogP contribution in [0.3, 0.4) is 0 Å². The van der Waals surface area contributed by atoms with E-state index in [0.717, 1.165) is 0 Å². The molecule has 0 fully saturated rings. The van der Waals surface area contributed by atoms with Crippen LogP contribution in [0.1, 0.15) is 20.8 Å². The van der Waals surface area contributed by atoms with Gasteiger partial charge in [-0.05, 0) is 20.8 Å². The molecule has 102 valence electrons. The topological polar surface area (TPSA) is 63.6 Å². The number of hydrogen-bond acceptors (Lipinski definition) is 3. The summed E-state index contributed by atoms with van der Waals surface area (Å²) in [5, 5.41) is 7.89. The molecule has 0 aromatic heterocycles. The highest BCUT2D eigenvalue weighted by Crippen LogP contribution is 1.87. The third kappa shape index (κ3) is 23.6. The molecule has 0 unspecified atom stereocenters. The third-order valence-electron chi connectivity index (χ3n) is 1.23. The minimum absolute atomic E-state index is 0.176. The van der Waals surface area contributed by atoms with E-state index < -0.39 is 5.97 Å². The predicted octanol–water partition coefficient (Wildman–Crippen LogP) is 3.13. The van der Waals surface area contributed by atoms with Crippen molar-refractivity contribution in [3.8, 4) is 0 Å². The first-order chi connectivity index (χ1) is 8.24. The number of rotatable bonds is 3. The molecule has 0 aliphatic rings. The van der Waals surface area contributed by atoms with Crippen LogP contribution in [-0.2, 0) is 14.3 Å². The molecule has 4 heteroatoms. The molecule has 18 heavy (non-hydrogen) atoms. The largest absolute Gasteiger partial charge is 0.478 e. The van der Waals surface area contributed by atoms with Gasteiger partial charge in [0.25, 0.3) is 0 Å². The number of carboxylic acid groups (broad SMARTS) is 1. The number of esters is 1. The van der Waals surface area contributed by atoms with Crippen molar-refractivity contribution in [3.05, 3.63) is 49.1 Å². The normalized spacial score (nSPS) is 8.00. The van der Waals surface area contributed by atoms with Gasteiger partial charge in [0.05, 0.1) is 7.11 Å². The molecule has 4 nitrogen and oxygen atoms in total. The first-order valence-electron chi connectivity index (χ1n) is 5.10. The van der Waals surface area contributed by atoms with Gasteiger partial charge in [-0.25, -0.2) is 9.59 Å². The van der Waals surface area contributed by atoms with Gasteiger partial charge in [-0.1, -0.05) is 38.0 Å². The summed E-state index contributed by atoms with van der Waals surface area (Å²) >= 11 is 0. The number of carbonyl (C=O) groups is 2. The van der Waals surface area contributed by atoms with Crippen molar-refractivity contribution in [2.24, 2.45) is 0 Å². The van der Waals surface area contributed by atoms with Crippen LogP contribution in [0, 0.1) is 0 Å². The fourth-order valence-electron chi connectivity index (χ4n) is 0.310. The van der Waals surface area contributed by atoms with Gasteiger partial charge >= 0.3 is 11.9 Å². The second-order valence-corrected chi connectivity index (χ2v) is 3.12. The SMILES string of the molecule is C=C(C)C(=O)O.C=C(C)C(=O)OC.C=CC=CC.